The summed E-state index contributed by atoms with van der Waals surface area (Å²) in [7, 11) is 0. The van der Waals surface area contributed by atoms with Crippen LogP contribution in [0.3, 0.4) is 0 Å². The van der Waals surface area contributed by atoms with Gasteiger partial charge in [0.05, 0.1) is 5.56 Å². The minimum absolute atomic E-state index is 0.218. The second-order valence-electron chi connectivity index (χ2n) is 4.82. The van der Waals surface area contributed by atoms with Crippen LogP contribution in [-0.4, -0.2) is 17.6 Å². The second kappa shape index (κ2) is 4.52. The van der Waals surface area contributed by atoms with Gasteiger partial charge in [-0.2, -0.15) is 0 Å². The summed E-state index contributed by atoms with van der Waals surface area (Å²) in [4.78, 5) is 11.1. The molecule has 1 aliphatic rings. The molecule has 96 valence electrons. The van der Waals surface area contributed by atoms with Crippen molar-refractivity contribution in [3.05, 3.63) is 59.2 Å². The van der Waals surface area contributed by atoms with Crippen molar-refractivity contribution in [3.63, 3.8) is 0 Å². The lowest BCUT2D eigenvalue weighted by Crippen LogP contribution is -2.07. The lowest BCUT2D eigenvalue weighted by molar-refractivity contribution is 0.0697. The summed E-state index contributed by atoms with van der Waals surface area (Å²) in [6, 6.07) is 13.6. The Labute approximate surface area is 111 Å². The number of carbonyl (C=O) groups is 1. The van der Waals surface area contributed by atoms with Gasteiger partial charge in [0, 0.05) is 5.92 Å². The Balaban J connectivity index is 2.19. The van der Waals surface area contributed by atoms with Crippen LogP contribution in [0.15, 0.2) is 42.5 Å². The largest absolute Gasteiger partial charge is 0.478 e. The van der Waals surface area contributed by atoms with Crippen molar-refractivity contribution in [1.29, 1.82) is 0 Å². The summed E-state index contributed by atoms with van der Waals surface area (Å²) in [5.41, 5.74) is 10.7. The highest BCUT2D eigenvalue weighted by Crippen LogP contribution is 2.46. The molecule has 1 unspecified atom stereocenters. The van der Waals surface area contributed by atoms with E-state index in [-0.39, 0.29) is 5.92 Å². The minimum atomic E-state index is -0.884. The Kier molecular flexibility index (Phi) is 2.84. The zero-order valence-electron chi connectivity index (χ0n) is 10.5. The molecule has 1 aliphatic carbocycles. The van der Waals surface area contributed by atoms with E-state index in [0.717, 1.165) is 17.5 Å². The molecule has 0 saturated heterocycles. The van der Waals surface area contributed by atoms with E-state index in [9.17, 15) is 4.79 Å². The number of nitrogens with two attached hydrogens (primary N) is 1. The average Bonchev–Trinajstić information content (AvgIpc) is 2.74. The van der Waals surface area contributed by atoms with Crippen molar-refractivity contribution in [3.8, 4) is 11.1 Å². The van der Waals surface area contributed by atoms with Gasteiger partial charge in [-0.3, -0.25) is 0 Å². The van der Waals surface area contributed by atoms with E-state index in [0.29, 0.717) is 12.1 Å². The van der Waals surface area contributed by atoms with Crippen molar-refractivity contribution in [2.45, 2.75) is 12.3 Å². The van der Waals surface area contributed by atoms with Crippen molar-refractivity contribution < 1.29 is 9.90 Å². The van der Waals surface area contributed by atoms with E-state index >= 15 is 0 Å². The van der Waals surface area contributed by atoms with Gasteiger partial charge in [0.25, 0.3) is 0 Å². The van der Waals surface area contributed by atoms with E-state index in [4.69, 9.17) is 10.8 Å². The number of hydrogen-bond donors (Lipinski definition) is 2. The lowest BCUT2D eigenvalue weighted by atomic mass is 9.93. The van der Waals surface area contributed by atoms with Crippen LogP contribution in [0.4, 0.5) is 0 Å². The Morgan fingerprint density at radius 1 is 1.11 bits per heavy atom. The molecule has 3 N–H and O–H groups in total. The third-order valence-electron chi connectivity index (χ3n) is 3.76. The highest BCUT2D eigenvalue weighted by molar-refractivity contribution is 5.90. The summed E-state index contributed by atoms with van der Waals surface area (Å²) in [5, 5.41) is 9.12. The van der Waals surface area contributed by atoms with E-state index in [1.54, 1.807) is 12.1 Å². The van der Waals surface area contributed by atoms with Crippen LogP contribution >= 0.6 is 0 Å². The van der Waals surface area contributed by atoms with Crippen LogP contribution in [-0.2, 0) is 0 Å². The first-order chi connectivity index (χ1) is 9.22. The molecule has 0 fully saturated rings. The fourth-order valence-corrected chi connectivity index (χ4v) is 2.92. The Bertz CT molecular complexity index is 649. The van der Waals surface area contributed by atoms with Gasteiger partial charge >= 0.3 is 5.97 Å². The Morgan fingerprint density at radius 3 is 2.58 bits per heavy atom. The van der Waals surface area contributed by atoms with Gasteiger partial charge in [-0.1, -0.05) is 30.3 Å². The lowest BCUT2D eigenvalue weighted by Gasteiger charge is -2.12. The van der Waals surface area contributed by atoms with Gasteiger partial charge in [-0.05, 0) is 47.4 Å². The van der Waals surface area contributed by atoms with Gasteiger partial charge in [0.15, 0.2) is 0 Å². The second-order valence-corrected chi connectivity index (χ2v) is 4.82. The predicted molar refractivity (Wildman–Crippen MR) is 74.4 cm³/mol. The molecule has 0 spiro atoms. The van der Waals surface area contributed by atoms with Crippen LogP contribution < -0.4 is 5.73 Å². The molecule has 2 aromatic carbocycles. The molecular formula is C16H15NO2. The van der Waals surface area contributed by atoms with Crippen LogP contribution in [0.2, 0.25) is 0 Å². The van der Waals surface area contributed by atoms with Crippen molar-refractivity contribution in [2.24, 2.45) is 5.73 Å². The number of rotatable bonds is 3. The first-order valence-electron chi connectivity index (χ1n) is 6.39. The van der Waals surface area contributed by atoms with Gasteiger partial charge in [0.1, 0.15) is 0 Å². The molecule has 3 heteroatoms. The summed E-state index contributed by atoms with van der Waals surface area (Å²) in [5.74, 6) is -0.666. The topological polar surface area (TPSA) is 63.3 Å². The molecule has 0 heterocycles. The van der Waals surface area contributed by atoms with Crippen LogP contribution in [0.1, 0.15) is 33.8 Å². The number of aromatic carboxylic acids is 1. The van der Waals surface area contributed by atoms with Gasteiger partial charge in [0.2, 0.25) is 0 Å². The fourth-order valence-electron chi connectivity index (χ4n) is 2.92. The first kappa shape index (κ1) is 11.9. The normalized spacial score (nSPS) is 15.9. The molecule has 0 aliphatic heterocycles. The van der Waals surface area contributed by atoms with Crippen molar-refractivity contribution >= 4 is 5.97 Å². The van der Waals surface area contributed by atoms with Gasteiger partial charge in [-0.15, -0.1) is 0 Å². The molecule has 0 aromatic heterocycles. The Morgan fingerprint density at radius 2 is 1.84 bits per heavy atom. The third-order valence-corrected chi connectivity index (χ3v) is 3.76. The number of hydrogen-bond acceptors (Lipinski definition) is 2. The van der Waals surface area contributed by atoms with E-state index < -0.39 is 5.97 Å². The molecule has 3 nitrogen and oxygen atoms in total. The quantitative estimate of drug-likeness (QED) is 0.884. The standard InChI is InChI=1S/C16H15NO2/c17-8-7-14-12-4-2-1-3-11(12)13-6-5-10(16(18)19)9-15(13)14/h1-6,9,14H,7-8,17H2,(H,18,19). The highest BCUT2D eigenvalue weighted by atomic mass is 16.4. The van der Waals surface area contributed by atoms with Gasteiger partial charge < -0.3 is 10.8 Å². The zero-order chi connectivity index (χ0) is 13.4. The number of carboxylic acids is 1. The maximum atomic E-state index is 11.1. The van der Waals surface area contributed by atoms with Gasteiger partial charge in [-0.25, -0.2) is 4.79 Å². The molecular weight excluding hydrogens is 238 g/mol. The smallest absolute Gasteiger partial charge is 0.335 e. The summed E-state index contributed by atoms with van der Waals surface area (Å²) < 4.78 is 0. The summed E-state index contributed by atoms with van der Waals surface area (Å²) in [6.45, 7) is 0.593. The minimum Gasteiger partial charge on any atom is -0.478 e. The molecule has 0 bridgehead atoms. The fraction of sp³-hybridized carbons (Fsp3) is 0.188. The third kappa shape index (κ3) is 1.83. The molecule has 19 heavy (non-hydrogen) atoms. The van der Waals surface area contributed by atoms with E-state index in [1.807, 2.05) is 18.2 Å². The molecule has 0 saturated carbocycles. The SMILES string of the molecule is NCCC1c2ccccc2-c2ccc(C(=O)O)cc21. The molecule has 3 rings (SSSR count). The molecule has 0 radical (unpaired) electrons. The molecule has 2 aromatic rings. The number of benzene rings is 2. The maximum Gasteiger partial charge on any atom is 0.335 e. The Hall–Kier alpha value is -2.13. The summed E-state index contributed by atoms with van der Waals surface area (Å²) >= 11 is 0. The van der Waals surface area contributed by atoms with E-state index in [1.165, 1.54) is 11.1 Å². The molecule has 0 amide bonds. The van der Waals surface area contributed by atoms with E-state index in [2.05, 4.69) is 12.1 Å². The number of carboxylic acid groups (broad SMARTS) is 1. The molecule has 1 atom stereocenters. The monoisotopic (exact) mass is 253 g/mol. The highest BCUT2D eigenvalue weighted by Gasteiger charge is 2.28. The number of fused-ring (bicyclic) bond motifs is 3. The summed E-state index contributed by atoms with van der Waals surface area (Å²) in [6.07, 6.45) is 0.840. The maximum absolute atomic E-state index is 11.1. The van der Waals surface area contributed by atoms with Crippen LogP contribution in [0, 0.1) is 0 Å². The van der Waals surface area contributed by atoms with Crippen LogP contribution in [0.25, 0.3) is 11.1 Å². The van der Waals surface area contributed by atoms with Crippen LogP contribution in [0.5, 0.6) is 0 Å². The van der Waals surface area contributed by atoms with Crippen molar-refractivity contribution in [2.75, 3.05) is 6.54 Å². The van der Waals surface area contributed by atoms with Crippen molar-refractivity contribution in [1.82, 2.24) is 0 Å². The predicted octanol–water partition coefficient (Wildman–Crippen LogP) is 2.85. The zero-order valence-corrected chi connectivity index (χ0v) is 10.5. The first-order valence-corrected chi connectivity index (χ1v) is 6.39. The average molecular weight is 253 g/mol.